The quantitative estimate of drug-likeness (QED) is 0.845. The van der Waals surface area contributed by atoms with Crippen LogP contribution in [0, 0.1) is 13.8 Å². The van der Waals surface area contributed by atoms with Crippen molar-refractivity contribution in [3.63, 3.8) is 0 Å². The molecule has 1 atom stereocenters. The molecule has 2 aromatic rings. The summed E-state index contributed by atoms with van der Waals surface area (Å²) >= 11 is 0. The van der Waals surface area contributed by atoms with Crippen LogP contribution in [0.3, 0.4) is 0 Å². The molecule has 0 spiro atoms. The number of amides is 1. The molecule has 7 nitrogen and oxygen atoms in total. The molecule has 0 unspecified atom stereocenters. The summed E-state index contributed by atoms with van der Waals surface area (Å²) in [6, 6.07) is 1.86. The molecule has 2 rings (SSSR count). The summed E-state index contributed by atoms with van der Waals surface area (Å²) < 4.78 is 3.84. The van der Waals surface area contributed by atoms with Crippen LogP contribution in [0.4, 0.5) is 0 Å². The Hall–Kier alpha value is -2.18. The van der Waals surface area contributed by atoms with Crippen LogP contribution in [0.15, 0.2) is 12.4 Å². The third-order valence-corrected chi connectivity index (χ3v) is 3.53. The molecule has 0 radical (unpaired) electrons. The predicted octanol–water partition coefficient (Wildman–Crippen LogP) is 1.77. The molecule has 2 heterocycles. The van der Waals surface area contributed by atoms with E-state index in [2.05, 4.69) is 27.5 Å². The Morgan fingerprint density at radius 2 is 2.14 bits per heavy atom. The molecule has 0 bridgehead atoms. The minimum atomic E-state index is -0.151. The first-order valence-corrected chi connectivity index (χ1v) is 7.69. The number of aromatic nitrogens is 5. The molecule has 1 N–H and O–H groups in total. The van der Waals surface area contributed by atoms with E-state index >= 15 is 0 Å². The van der Waals surface area contributed by atoms with Gasteiger partial charge in [-0.3, -0.25) is 9.48 Å². The highest BCUT2D eigenvalue weighted by atomic mass is 16.1. The van der Waals surface area contributed by atoms with Gasteiger partial charge in [0.1, 0.15) is 6.33 Å². The number of carbonyl (C=O) groups is 1. The van der Waals surface area contributed by atoms with Crippen molar-refractivity contribution < 1.29 is 4.79 Å². The number of rotatable bonds is 7. The number of nitrogens with zero attached hydrogens (tertiary/aromatic N) is 5. The summed E-state index contributed by atoms with van der Waals surface area (Å²) in [5.41, 5.74) is 2.04. The van der Waals surface area contributed by atoms with Crippen molar-refractivity contribution in [3.05, 3.63) is 29.6 Å². The van der Waals surface area contributed by atoms with Crippen LogP contribution in [0.2, 0.25) is 0 Å². The minimum absolute atomic E-state index is 0.00824. The Kier molecular flexibility index (Phi) is 5.30. The fourth-order valence-electron chi connectivity index (χ4n) is 2.50. The van der Waals surface area contributed by atoms with Gasteiger partial charge in [0.05, 0.1) is 11.7 Å². The largest absolute Gasteiger partial charge is 0.346 e. The molecule has 0 aliphatic heterocycles. The number of hydrogen-bond donors (Lipinski definition) is 1. The van der Waals surface area contributed by atoms with E-state index in [0.717, 1.165) is 30.2 Å². The summed E-state index contributed by atoms with van der Waals surface area (Å²) in [5.74, 6) is 0.785. The molecule has 120 valence electrons. The zero-order chi connectivity index (χ0) is 16.1. The van der Waals surface area contributed by atoms with Gasteiger partial charge < -0.3 is 9.88 Å². The van der Waals surface area contributed by atoms with Crippen LogP contribution in [-0.2, 0) is 17.9 Å². The lowest BCUT2D eigenvalue weighted by molar-refractivity contribution is -0.122. The summed E-state index contributed by atoms with van der Waals surface area (Å²) in [4.78, 5) is 12.1. The van der Waals surface area contributed by atoms with E-state index in [1.165, 1.54) is 0 Å². The van der Waals surface area contributed by atoms with Gasteiger partial charge in [0.15, 0.2) is 5.82 Å². The highest BCUT2D eigenvalue weighted by Gasteiger charge is 2.15. The predicted molar refractivity (Wildman–Crippen MR) is 83.2 cm³/mol. The van der Waals surface area contributed by atoms with Crippen LogP contribution >= 0.6 is 0 Å². The van der Waals surface area contributed by atoms with Crippen molar-refractivity contribution >= 4 is 5.91 Å². The fourth-order valence-corrected chi connectivity index (χ4v) is 2.50. The van der Waals surface area contributed by atoms with E-state index in [1.807, 2.05) is 36.1 Å². The lowest BCUT2D eigenvalue weighted by atomic mass is 10.2. The second-order valence-corrected chi connectivity index (χ2v) is 5.57. The maximum absolute atomic E-state index is 12.1. The highest BCUT2D eigenvalue weighted by molar-refractivity contribution is 5.76. The van der Waals surface area contributed by atoms with Crippen molar-refractivity contribution in [2.45, 2.75) is 59.7 Å². The van der Waals surface area contributed by atoms with Gasteiger partial charge in [0.2, 0.25) is 5.91 Å². The van der Waals surface area contributed by atoms with E-state index < -0.39 is 0 Å². The number of carbonyl (C=O) groups excluding carboxylic acids is 1. The first-order chi connectivity index (χ1) is 10.5. The van der Waals surface area contributed by atoms with Gasteiger partial charge in [-0.2, -0.15) is 5.10 Å². The molecule has 0 saturated carbocycles. The van der Waals surface area contributed by atoms with Gasteiger partial charge in [-0.15, -0.1) is 10.2 Å². The summed E-state index contributed by atoms with van der Waals surface area (Å²) in [7, 11) is 0. The maximum Gasteiger partial charge on any atom is 0.222 e. The standard InChI is InChI=1S/C15H24N6O/c1-5-7-20-10-16-18-15(20)13(4)17-14(22)6-8-21-12(3)9-11(2)19-21/h9-10,13H,5-8H2,1-4H3,(H,17,22)/t13-/m1/s1. The van der Waals surface area contributed by atoms with Crippen LogP contribution in [0.25, 0.3) is 0 Å². The number of aryl methyl sites for hydroxylation is 4. The SMILES string of the molecule is CCCn1cnnc1[C@@H](C)NC(=O)CCn1nc(C)cc1C. The van der Waals surface area contributed by atoms with Gasteiger partial charge in [-0.1, -0.05) is 6.92 Å². The molecule has 0 aromatic carbocycles. The van der Waals surface area contributed by atoms with E-state index in [-0.39, 0.29) is 11.9 Å². The molecule has 0 aliphatic carbocycles. The molecule has 0 fully saturated rings. The number of nitrogens with one attached hydrogen (secondary N) is 1. The Bertz CT molecular complexity index is 630. The van der Waals surface area contributed by atoms with Crippen molar-refractivity contribution in [1.29, 1.82) is 0 Å². The first-order valence-electron chi connectivity index (χ1n) is 7.69. The maximum atomic E-state index is 12.1. The Morgan fingerprint density at radius 3 is 2.77 bits per heavy atom. The monoisotopic (exact) mass is 304 g/mol. The molecular formula is C15H24N6O. The molecule has 0 aliphatic rings. The van der Waals surface area contributed by atoms with E-state index in [9.17, 15) is 4.79 Å². The molecule has 2 aromatic heterocycles. The highest BCUT2D eigenvalue weighted by Crippen LogP contribution is 2.10. The third-order valence-electron chi connectivity index (χ3n) is 3.53. The normalized spacial score (nSPS) is 12.4. The summed E-state index contributed by atoms with van der Waals surface area (Å²) in [6.07, 6.45) is 3.11. The second kappa shape index (κ2) is 7.20. The average Bonchev–Trinajstić information content (AvgIpc) is 3.03. The van der Waals surface area contributed by atoms with Crippen LogP contribution in [0.1, 0.15) is 49.9 Å². The zero-order valence-corrected chi connectivity index (χ0v) is 13.7. The Labute approximate surface area is 130 Å². The molecule has 0 saturated heterocycles. The van der Waals surface area contributed by atoms with Crippen LogP contribution < -0.4 is 5.32 Å². The minimum Gasteiger partial charge on any atom is -0.346 e. The smallest absolute Gasteiger partial charge is 0.222 e. The van der Waals surface area contributed by atoms with Crippen molar-refractivity contribution in [2.75, 3.05) is 0 Å². The van der Waals surface area contributed by atoms with Gasteiger partial charge >= 0.3 is 0 Å². The summed E-state index contributed by atoms with van der Waals surface area (Å²) in [6.45, 7) is 9.41. The molecule has 7 heteroatoms. The van der Waals surface area contributed by atoms with E-state index in [4.69, 9.17) is 0 Å². The van der Waals surface area contributed by atoms with Gasteiger partial charge in [-0.05, 0) is 33.3 Å². The fraction of sp³-hybridized carbons (Fsp3) is 0.600. The molecular weight excluding hydrogens is 280 g/mol. The topological polar surface area (TPSA) is 77.6 Å². The van der Waals surface area contributed by atoms with Gasteiger partial charge in [0.25, 0.3) is 0 Å². The van der Waals surface area contributed by atoms with Crippen molar-refractivity contribution in [3.8, 4) is 0 Å². The lowest BCUT2D eigenvalue weighted by Crippen LogP contribution is -2.29. The van der Waals surface area contributed by atoms with E-state index in [1.54, 1.807) is 6.33 Å². The molecule has 22 heavy (non-hydrogen) atoms. The molecule has 1 amide bonds. The average molecular weight is 304 g/mol. The Morgan fingerprint density at radius 1 is 1.36 bits per heavy atom. The van der Waals surface area contributed by atoms with Crippen molar-refractivity contribution in [1.82, 2.24) is 29.9 Å². The van der Waals surface area contributed by atoms with Gasteiger partial charge in [-0.25, -0.2) is 0 Å². The second-order valence-electron chi connectivity index (χ2n) is 5.57. The lowest BCUT2D eigenvalue weighted by Gasteiger charge is -2.14. The summed E-state index contributed by atoms with van der Waals surface area (Å²) in [5, 5.41) is 15.4. The first kappa shape index (κ1) is 16.2. The number of hydrogen-bond acceptors (Lipinski definition) is 4. The third kappa shape index (κ3) is 3.93. The van der Waals surface area contributed by atoms with Crippen molar-refractivity contribution in [2.24, 2.45) is 0 Å². The van der Waals surface area contributed by atoms with Crippen LogP contribution in [0.5, 0.6) is 0 Å². The van der Waals surface area contributed by atoms with Crippen LogP contribution in [-0.4, -0.2) is 30.5 Å². The van der Waals surface area contributed by atoms with Gasteiger partial charge in [0, 0.05) is 25.2 Å². The van der Waals surface area contributed by atoms with E-state index in [0.29, 0.717) is 13.0 Å². The zero-order valence-electron chi connectivity index (χ0n) is 13.7. The Balaban J connectivity index is 1.88.